The SMILES string of the molecule is Cc1cncc2c1CCCC2(C)C. The molecule has 0 radical (unpaired) electrons. The highest BCUT2D eigenvalue weighted by Gasteiger charge is 2.27. The van der Waals surface area contributed by atoms with Crippen LogP contribution in [0.4, 0.5) is 0 Å². The molecule has 1 nitrogen and oxygen atoms in total. The zero-order valence-corrected chi connectivity index (χ0v) is 8.72. The predicted molar refractivity (Wildman–Crippen MR) is 54.9 cm³/mol. The van der Waals surface area contributed by atoms with E-state index in [0.29, 0.717) is 5.41 Å². The molecule has 0 bridgehead atoms. The summed E-state index contributed by atoms with van der Waals surface area (Å²) in [6.45, 7) is 6.82. The smallest absolute Gasteiger partial charge is 0.0308 e. The second kappa shape index (κ2) is 2.83. The van der Waals surface area contributed by atoms with Crippen molar-refractivity contribution in [3.8, 4) is 0 Å². The molecule has 1 heteroatoms. The number of aryl methyl sites for hydroxylation is 1. The average Bonchev–Trinajstić information content (AvgIpc) is 2.06. The largest absolute Gasteiger partial charge is 0.264 e. The Morgan fingerprint density at radius 3 is 2.77 bits per heavy atom. The topological polar surface area (TPSA) is 12.9 Å². The first-order valence-electron chi connectivity index (χ1n) is 5.05. The Labute approximate surface area is 80.2 Å². The van der Waals surface area contributed by atoms with E-state index < -0.39 is 0 Å². The Hall–Kier alpha value is -0.850. The molecule has 0 atom stereocenters. The Kier molecular flexibility index (Phi) is 1.90. The van der Waals surface area contributed by atoms with Crippen molar-refractivity contribution >= 4 is 0 Å². The van der Waals surface area contributed by atoms with Crippen LogP contribution < -0.4 is 0 Å². The van der Waals surface area contributed by atoms with E-state index in [2.05, 4.69) is 32.0 Å². The first-order chi connectivity index (χ1) is 6.11. The Morgan fingerprint density at radius 1 is 1.31 bits per heavy atom. The lowest BCUT2D eigenvalue weighted by molar-refractivity contribution is 0.429. The highest BCUT2D eigenvalue weighted by molar-refractivity contribution is 5.37. The molecule has 0 saturated heterocycles. The molecule has 0 unspecified atom stereocenters. The van der Waals surface area contributed by atoms with E-state index in [4.69, 9.17) is 0 Å². The van der Waals surface area contributed by atoms with E-state index in [0.717, 1.165) is 0 Å². The highest BCUT2D eigenvalue weighted by Crippen LogP contribution is 2.37. The quantitative estimate of drug-likeness (QED) is 0.590. The van der Waals surface area contributed by atoms with E-state index in [-0.39, 0.29) is 0 Å². The molecular formula is C12H17N. The van der Waals surface area contributed by atoms with E-state index in [1.54, 1.807) is 5.56 Å². The number of aromatic nitrogens is 1. The molecule has 1 aliphatic carbocycles. The molecule has 0 aromatic carbocycles. The third kappa shape index (κ3) is 1.37. The number of pyridine rings is 1. The zero-order chi connectivity index (χ0) is 9.47. The summed E-state index contributed by atoms with van der Waals surface area (Å²) in [4.78, 5) is 4.29. The van der Waals surface area contributed by atoms with Crippen molar-refractivity contribution < 1.29 is 0 Å². The molecule has 0 spiro atoms. The molecule has 1 aromatic heterocycles. The number of hydrogen-bond donors (Lipinski definition) is 0. The molecule has 1 aromatic rings. The number of nitrogens with zero attached hydrogens (tertiary/aromatic N) is 1. The van der Waals surface area contributed by atoms with Crippen LogP contribution in [0.2, 0.25) is 0 Å². The Morgan fingerprint density at radius 2 is 2.08 bits per heavy atom. The zero-order valence-electron chi connectivity index (χ0n) is 8.72. The summed E-state index contributed by atoms with van der Waals surface area (Å²) >= 11 is 0. The van der Waals surface area contributed by atoms with Crippen molar-refractivity contribution in [1.82, 2.24) is 4.98 Å². The fraction of sp³-hybridized carbons (Fsp3) is 0.583. The van der Waals surface area contributed by atoms with Gasteiger partial charge in [-0.3, -0.25) is 4.98 Å². The van der Waals surface area contributed by atoms with Gasteiger partial charge in [0.05, 0.1) is 0 Å². The molecule has 1 aliphatic rings. The van der Waals surface area contributed by atoms with Gasteiger partial charge in [0, 0.05) is 12.4 Å². The van der Waals surface area contributed by atoms with Gasteiger partial charge < -0.3 is 0 Å². The van der Waals surface area contributed by atoms with Crippen LogP contribution in [0.3, 0.4) is 0 Å². The molecule has 13 heavy (non-hydrogen) atoms. The molecule has 0 aliphatic heterocycles. The minimum absolute atomic E-state index is 0.340. The van der Waals surface area contributed by atoms with Crippen LogP contribution >= 0.6 is 0 Å². The van der Waals surface area contributed by atoms with E-state index in [9.17, 15) is 0 Å². The molecule has 0 N–H and O–H groups in total. The standard InChI is InChI=1S/C12H17N/c1-9-7-13-8-11-10(9)5-4-6-12(11,2)3/h7-8H,4-6H2,1-3H3. The van der Waals surface area contributed by atoms with Crippen molar-refractivity contribution in [3.05, 3.63) is 29.1 Å². The second-order valence-electron chi connectivity index (χ2n) is 4.72. The van der Waals surface area contributed by atoms with Crippen LogP contribution in [0.5, 0.6) is 0 Å². The normalized spacial score (nSPS) is 19.6. The number of hydrogen-bond acceptors (Lipinski definition) is 1. The van der Waals surface area contributed by atoms with Crippen molar-refractivity contribution in [2.75, 3.05) is 0 Å². The van der Waals surface area contributed by atoms with Gasteiger partial charge in [0.1, 0.15) is 0 Å². The number of rotatable bonds is 0. The van der Waals surface area contributed by atoms with Crippen LogP contribution in [0.1, 0.15) is 43.4 Å². The third-order valence-corrected chi connectivity index (χ3v) is 3.23. The maximum absolute atomic E-state index is 4.29. The Balaban J connectivity index is 2.58. The van der Waals surface area contributed by atoms with Crippen LogP contribution in [-0.4, -0.2) is 4.98 Å². The van der Waals surface area contributed by atoms with E-state index >= 15 is 0 Å². The van der Waals surface area contributed by atoms with Crippen LogP contribution in [-0.2, 0) is 11.8 Å². The fourth-order valence-electron chi connectivity index (χ4n) is 2.35. The van der Waals surface area contributed by atoms with Crippen molar-refractivity contribution in [3.63, 3.8) is 0 Å². The molecule has 0 fully saturated rings. The summed E-state index contributed by atoms with van der Waals surface area (Å²) in [6.07, 6.45) is 7.91. The summed E-state index contributed by atoms with van der Waals surface area (Å²) in [5.74, 6) is 0. The van der Waals surface area contributed by atoms with Gasteiger partial charge in [-0.05, 0) is 48.3 Å². The first kappa shape index (κ1) is 8.74. The van der Waals surface area contributed by atoms with Gasteiger partial charge in [-0.25, -0.2) is 0 Å². The molecule has 2 rings (SSSR count). The molecule has 0 amide bonds. The number of fused-ring (bicyclic) bond motifs is 1. The molecule has 0 saturated carbocycles. The lowest BCUT2D eigenvalue weighted by atomic mass is 9.73. The van der Waals surface area contributed by atoms with Gasteiger partial charge in [-0.1, -0.05) is 13.8 Å². The average molecular weight is 175 g/mol. The Bertz CT molecular complexity index is 326. The van der Waals surface area contributed by atoms with E-state index in [1.807, 2.05) is 6.20 Å². The van der Waals surface area contributed by atoms with E-state index in [1.165, 1.54) is 30.4 Å². The van der Waals surface area contributed by atoms with Gasteiger partial charge in [-0.2, -0.15) is 0 Å². The summed E-state index contributed by atoms with van der Waals surface area (Å²) in [5, 5.41) is 0. The summed E-state index contributed by atoms with van der Waals surface area (Å²) in [5.41, 5.74) is 4.72. The van der Waals surface area contributed by atoms with Crippen molar-refractivity contribution in [2.45, 2.75) is 45.4 Å². The first-order valence-corrected chi connectivity index (χ1v) is 5.05. The van der Waals surface area contributed by atoms with Crippen LogP contribution in [0.15, 0.2) is 12.4 Å². The maximum atomic E-state index is 4.29. The van der Waals surface area contributed by atoms with Crippen molar-refractivity contribution in [2.24, 2.45) is 0 Å². The third-order valence-electron chi connectivity index (χ3n) is 3.23. The summed E-state index contributed by atoms with van der Waals surface area (Å²) in [7, 11) is 0. The molecule has 1 heterocycles. The van der Waals surface area contributed by atoms with Crippen LogP contribution in [0.25, 0.3) is 0 Å². The van der Waals surface area contributed by atoms with Gasteiger partial charge >= 0.3 is 0 Å². The summed E-state index contributed by atoms with van der Waals surface area (Å²) < 4.78 is 0. The van der Waals surface area contributed by atoms with Gasteiger partial charge in [0.2, 0.25) is 0 Å². The maximum Gasteiger partial charge on any atom is 0.0308 e. The van der Waals surface area contributed by atoms with Crippen molar-refractivity contribution in [1.29, 1.82) is 0 Å². The summed E-state index contributed by atoms with van der Waals surface area (Å²) in [6, 6.07) is 0. The molecular weight excluding hydrogens is 158 g/mol. The second-order valence-corrected chi connectivity index (χ2v) is 4.72. The van der Waals surface area contributed by atoms with Crippen LogP contribution in [0, 0.1) is 6.92 Å². The van der Waals surface area contributed by atoms with Gasteiger partial charge in [0.25, 0.3) is 0 Å². The highest BCUT2D eigenvalue weighted by atomic mass is 14.6. The predicted octanol–water partition coefficient (Wildman–Crippen LogP) is 3.00. The fourth-order valence-corrected chi connectivity index (χ4v) is 2.35. The van der Waals surface area contributed by atoms with Gasteiger partial charge in [-0.15, -0.1) is 0 Å². The lowest BCUT2D eigenvalue weighted by Gasteiger charge is -2.32. The minimum Gasteiger partial charge on any atom is -0.264 e. The molecule has 70 valence electrons. The monoisotopic (exact) mass is 175 g/mol. The lowest BCUT2D eigenvalue weighted by Crippen LogP contribution is -2.24. The van der Waals surface area contributed by atoms with Gasteiger partial charge in [0.15, 0.2) is 0 Å². The minimum atomic E-state index is 0.340.